The van der Waals surface area contributed by atoms with E-state index < -0.39 is 52.9 Å². The average Bonchev–Trinajstić information content (AvgIpc) is 2.52. The normalized spacial score (nSPS) is 15.6. The van der Waals surface area contributed by atoms with Crippen LogP contribution in [-0.2, 0) is 0 Å². The molecule has 0 aliphatic heterocycles. The Hall–Kier alpha value is -2.02. The minimum absolute atomic E-state index is 0.181. The Bertz CT molecular complexity index is 710. The standard InChI is InChI=1S/C13H4F14/c14-6-3-1-5(2-4-6)7(15)8(16)9(17,18)10(19,20)11(21,22)12(23,24)13(25,26)27/h1-4H/b8-7-. The third-order valence-corrected chi connectivity index (χ3v) is 3.11. The number of benzene rings is 1. The molecule has 0 spiro atoms. The topological polar surface area (TPSA) is 0 Å². The van der Waals surface area contributed by atoms with Crippen molar-refractivity contribution in [2.45, 2.75) is 29.9 Å². The Morgan fingerprint density at radius 2 is 1.00 bits per heavy atom. The number of hydrogen-bond acceptors (Lipinski definition) is 0. The fraction of sp³-hybridized carbons (Fsp3) is 0.385. The monoisotopic (exact) mass is 426 g/mol. The molecule has 0 heterocycles. The fourth-order valence-electron chi connectivity index (χ4n) is 1.57. The van der Waals surface area contributed by atoms with Crippen LogP contribution in [0.2, 0.25) is 0 Å². The van der Waals surface area contributed by atoms with E-state index in [1.54, 1.807) is 0 Å². The molecule has 1 aromatic carbocycles. The van der Waals surface area contributed by atoms with Gasteiger partial charge >= 0.3 is 29.9 Å². The van der Waals surface area contributed by atoms with E-state index in [4.69, 9.17) is 0 Å². The first-order valence-corrected chi connectivity index (χ1v) is 6.22. The molecule has 0 nitrogen and oxygen atoms in total. The van der Waals surface area contributed by atoms with Crippen molar-refractivity contribution in [1.82, 2.24) is 0 Å². The van der Waals surface area contributed by atoms with Crippen molar-refractivity contribution in [2.75, 3.05) is 0 Å². The second kappa shape index (κ2) is 6.55. The van der Waals surface area contributed by atoms with Crippen molar-refractivity contribution >= 4 is 5.83 Å². The highest BCUT2D eigenvalue weighted by Gasteiger charge is 2.88. The van der Waals surface area contributed by atoms with Gasteiger partial charge in [-0.25, -0.2) is 13.2 Å². The quantitative estimate of drug-likeness (QED) is 0.470. The van der Waals surface area contributed by atoms with Crippen molar-refractivity contribution in [3.63, 3.8) is 0 Å². The van der Waals surface area contributed by atoms with Gasteiger partial charge in [0.1, 0.15) is 5.82 Å². The van der Waals surface area contributed by atoms with Crippen LogP contribution in [0, 0.1) is 5.82 Å². The van der Waals surface area contributed by atoms with Gasteiger partial charge in [-0.1, -0.05) is 0 Å². The molecule has 0 radical (unpaired) electrons. The maximum Gasteiger partial charge on any atom is 0.460 e. The van der Waals surface area contributed by atoms with E-state index in [1.807, 2.05) is 0 Å². The lowest BCUT2D eigenvalue weighted by Crippen LogP contribution is -2.66. The largest absolute Gasteiger partial charge is 0.460 e. The molecule has 0 atom stereocenters. The zero-order valence-electron chi connectivity index (χ0n) is 12.1. The van der Waals surface area contributed by atoms with E-state index in [0.717, 1.165) is 0 Å². The molecule has 0 amide bonds. The van der Waals surface area contributed by atoms with E-state index >= 15 is 0 Å². The lowest BCUT2D eigenvalue weighted by molar-refractivity contribution is -0.419. The lowest BCUT2D eigenvalue weighted by atomic mass is 9.96. The molecule has 0 N–H and O–H groups in total. The molecular weight excluding hydrogens is 422 g/mol. The Labute approximate surface area is 140 Å². The van der Waals surface area contributed by atoms with Crippen LogP contribution in [0.4, 0.5) is 61.5 Å². The van der Waals surface area contributed by atoms with Crippen LogP contribution in [0.25, 0.3) is 5.83 Å². The summed E-state index contributed by atoms with van der Waals surface area (Å²) in [5.74, 6) is -38.7. The van der Waals surface area contributed by atoms with E-state index in [2.05, 4.69) is 0 Å². The summed E-state index contributed by atoms with van der Waals surface area (Å²) in [4.78, 5) is 0. The molecule has 0 unspecified atom stereocenters. The van der Waals surface area contributed by atoms with Crippen LogP contribution in [0.5, 0.6) is 0 Å². The second-order valence-electron chi connectivity index (χ2n) is 4.93. The van der Waals surface area contributed by atoms with Gasteiger partial charge in [-0.15, -0.1) is 0 Å². The summed E-state index contributed by atoms with van der Waals surface area (Å²) >= 11 is 0. The number of alkyl halides is 11. The number of allylic oxidation sites excluding steroid dienone is 1. The highest BCUT2D eigenvalue weighted by Crippen LogP contribution is 2.59. The molecule has 1 rings (SSSR count). The maximum absolute atomic E-state index is 13.5. The molecule has 0 aliphatic carbocycles. The van der Waals surface area contributed by atoms with E-state index in [-0.39, 0.29) is 12.1 Å². The van der Waals surface area contributed by atoms with E-state index in [0.29, 0.717) is 12.1 Å². The number of rotatable bonds is 5. The highest BCUT2D eigenvalue weighted by atomic mass is 19.4. The molecule has 0 saturated carbocycles. The van der Waals surface area contributed by atoms with Gasteiger partial charge in [0, 0.05) is 5.56 Å². The van der Waals surface area contributed by atoms with Gasteiger partial charge in [-0.3, -0.25) is 0 Å². The van der Waals surface area contributed by atoms with Crippen LogP contribution in [0.15, 0.2) is 30.1 Å². The fourth-order valence-corrected chi connectivity index (χ4v) is 1.57. The minimum Gasteiger partial charge on any atom is -0.207 e. The predicted octanol–water partition coefficient (Wildman–Crippen LogP) is 6.54. The first kappa shape index (κ1) is 23.0. The first-order valence-electron chi connectivity index (χ1n) is 6.22. The maximum atomic E-state index is 13.5. The summed E-state index contributed by atoms with van der Waals surface area (Å²) in [6.45, 7) is 0. The predicted molar refractivity (Wildman–Crippen MR) is 61.4 cm³/mol. The third-order valence-electron chi connectivity index (χ3n) is 3.11. The van der Waals surface area contributed by atoms with Gasteiger partial charge in [0.15, 0.2) is 5.83 Å². The van der Waals surface area contributed by atoms with Crippen molar-refractivity contribution in [3.8, 4) is 0 Å². The summed E-state index contributed by atoms with van der Waals surface area (Å²) in [6.07, 6.45) is -7.42. The highest BCUT2D eigenvalue weighted by molar-refractivity contribution is 5.62. The molecule has 27 heavy (non-hydrogen) atoms. The molecule has 154 valence electrons. The summed E-state index contributed by atoms with van der Waals surface area (Å²) in [5, 5.41) is 0. The van der Waals surface area contributed by atoms with Crippen molar-refractivity contribution < 1.29 is 61.5 Å². The van der Waals surface area contributed by atoms with E-state index in [9.17, 15) is 61.5 Å². The molecule has 0 saturated heterocycles. The molecular formula is C13H4F14. The lowest BCUT2D eigenvalue weighted by Gasteiger charge is -2.36. The molecule has 0 fully saturated rings. The number of halogens is 14. The third kappa shape index (κ3) is 3.45. The Morgan fingerprint density at radius 1 is 0.593 bits per heavy atom. The smallest absolute Gasteiger partial charge is 0.207 e. The molecule has 0 bridgehead atoms. The van der Waals surface area contributed by atoms with Gasteiger partial charge in [0.25, 0.3) is 0 Å². The Balaban J connectivity index is 3.54. The van der Waals surface area contributed by atoms with Crippen LogP contribution in [0.3, 0.4) is 0 Å². The minimum atomic E-state index is -7.87. The summed E-state index contributed by atoms with van der Waals surface area (Å²) < 4.78 is 179. The van der Waals surface area contributed by atoms with Crippen molar-refractivity contribution in [1.29, 1.82) is 0 Å². The Kier molecular flexibility index (Phi) is 5.58. The van der Waals surface area contributed by atoms with Gasteiger partial charge in [-0.05, 0) is 24.3 Å². The zero-order chi connectivity index (χ0) is 21.6. The van der Waals surface area contributed by atoms with Gasteiger partial charge < -0.3 is 0 Å². The van der Waals surface area contributed by atoms with Crippen molar-refractivity contribution in [2.24, 2.45) is 0 Å². The molecule has 14 heteroatoms. The molecule has 0 aromatic heterocycles. The van der Waals surface area contributed by atoms with Gasteiger partial charge in [-0.2, -0.15) is 48.3 Å². The van der Waals surface area contributed by atoms with Crippen LogP contribution in [-0.4, -0.2) is 29.9 Å². The van der Waals surface area contributed by atoms with Crippen molar-refractivity contribution in [3.05, 3.63) is 41.5 Å². The van der Waals surface area contributed by atoms with Crippen LogP contribution >= 0.6 is 0 Å². The second-order valence-corrected chi connectivity index (χ2v) is 4.93. The molecule has 0 aliphatic rings. The zero-order valence-corrected chi connectivity index (χ0v) is 12.1. The summed E-state index contributed by atoms with van der Waals surface area (Å²) in [6, 6.07) is 0.956. The SMILES string of the molecule is F/C(=C(\F)C(F)(F)C(F)(F)C(F)(F)C(F)(F)C(F)(F)F)c1ccc(F)cc1. The first-order chi connectivity index (χ1) is 11.8. The van der Waals surface area contributed by atoms with Gasteiger partial charge in [0.2, 0.25) is 5.83 Å². The van der Waals surface area contributed by atoms with Crippen LogP contribution in [0.1, 0.15) is 5.56 Å². The Morgan fingerprint density at radius 3 is 1.37 bits per heavy atom. The van der Waals surface area contributed by atoms with Crippen LogP contribution < -0.4 is 0 Å². The van der Waals surface area contributed by atoms with E-state index in [1.165, 1.54) is 0 Å². The molecule has 1 aromatic rings. The average molecular weight is 426 g/mol. The summed E-state index contributed by atoms with van der Waals surface area (Å²) in [7, 11) is 0. The van der Waals surface area contributed by atoms with Gasteiger partial charge in [0.05, 0.1) is 0 Å². The number of hydrogen-bond donors (Lipinski definition) is 0. The summed E-state index contributed by atoms with van der Waals surface area (Å²) in [5.41, 5.74) is -1.41.